The van der Waals surface area contributed by atoms with Crippen molar-refractivity contribution in [3.8, 4) is 28.3 Å². The van der Waals surface area contributed by atoms with E-state index in [0.717, 1.165) is 11.1 Å². The first-order valence-corrected chi connectivity index (χ1v) is 10.6. The Kier molecular flexibility index (Phi) is 5.39. The van der Waals surface area contributed by atoms with Gasteiger partial charge in [-0.1, -0.05) is 65.7 Å². The van der Waals surface area contributed by atoms with Crippen LogP contribution in [0.3, 0.4) is 0 Å². The summed E-state index contributed by atoms with van der Waals surface area (Å²) < 4.78 is 5.85. The van der Waals surface area contributed by atoms with E-state index < -0.39 is 0 Å². The minimum atomic E-state index is 0.185. The van der Waals surface area contributed by atoms with Crippen LogP contribution in [0.4, 0.5) is 5.69 Å². The number of phenolic OH excluding ortho intramolecular Hbond substituents is 1. The molecule has 4 aromatic carbocycles. The van der Waals surface area contributed by atoms with Gasteiger partial charge in [-0.2, -0.15) is 0 Å². The molecule has 0 bridgehead atoms. The number of aromatic hydroxyl groups is 1. The van der Waals surface area contributed by atoms with E-state index >= 15 is 0 Å². The van der Waals surface area contributed by atoms with Crippen molar-refractivity contribution in [3.63, 3.8) is 0 Å². The highest BCUT2D eigenvalue weighted by atomic mass is 35.5. The van der Waals surface area contributed by atoms with Crippen molar-refractivity contribution in [1.82, 2.24) is 4.98 Å². The van der Waals surface area contributed by atoms with Crippen molar-refractivity contribution in [2.75, 3.05) is 0 Å². The first-order chi connectivity index (χ1) is 15.6. The second kappa shape index (κ2) is 8.50. The molecule has 0 atom stereocenters. The number of aromatic nitrogens is 1. The van der Waals surface area contributed by atoms with Crippen LogP contribution in [0, 0.1) is 0 Å². The van der Waals surface area contributed by atoms with E-state index in [1.54, 1.807) is 24.4 Å². The van der Waals surface area contributed by atoms with Crippen LogP contribution in [0.2, 0.25) is 10.0 Å². The summed E-state index contributed by atoms with van der Waals surface area (Å²) in [5.41, 5.74) is 4.95. The maximum Gasteiger partial charge on any atom is 0.228 e. The summed E-state index contributed by atoms with van der Waals surface area (Å²) in [6.07, 6.45) is 1.64. The summed E-state index contributed by atoms with van der Waals surface area (Å²) in [7, 11) is 0. The average molecular weight is 459 g/mol. The second-order valence-electron chi connectivity index (χ2n) is 7.16. The molecule has 156 valence electrons. The smallest absolute Gasteiger partial charge is 0.228 e. The molecule has 1 heterocycles. The number of aliphatic imine (C=N–C) groups is 1. The van der Waals surface area contributed by atoms with Crippen LogP contribution >= 0.6 is 23.2 Å². The third-order valence-electron chi connectivity index (χ3n) is 5.04. The molecular weight excluding hydrogens is 443 g/mol. The number of oxazole rings is 1. The summed E-state index contributed by atoms with van der Waals surface area (Å²) in [6.45, 7) is 0. The van der Waals surface area contributed by atoms with Gasteiger partial charge in [-0.3, -0.25) is 4.99 Å². The van der Waals surface area contributed by atoms with Crippen LogP contribution in [-0.2, 0) is 0 Å². The maximum absolute atomic E-state index is 10.7. The molecule has 0 aliphatic carbocycles. The van der Waals surface area contributed by atoms with Gasteiger partial charge >= 0.3 is 0 Å². The number of phenols is 1. The topological polar surface area (TPSA) is 58.6 Å². The van der Waals surface area contributed by atoms with Crippen molar-refractivity contribution < 1.29 is 9.52 Å². The van der Waals surface area contributed by atoms with E-state index in [0.29, 0.717) is 43.9 Å². The molecule has 1 aromatic heterocycles. The molecule has 0 aliphatic rings. The molecule has 6 heteroatoms. The van der Waals surface area contributed by atoms with Crippen LogP contribution in [-0.4, -0.2) is 16.3 Å². The van der Waals surface area contributed by atoms with Crippen LogP contribution in [0.25, 0.3) is 33.7 Å². The van der Waals surface area contributed by atoms with Crippen molar-refractivity contribution in [1.29, 1.82) is 0 Å². The van der Waals surface area contributed by atoms with Gasteiger partial charge in [0.05, 0.1) is 16.3 Å². The van der Waals surface area contributed by atoms with E-state index in [9.17, 15) is 5.11 Å². The zero-order valence-corrected chi connectivity index (χ0v) is 18.2. The Labute approximate surface area is 194 Å². The van der Waals surface area contributed by atoms with Crippen molar-refractivity contribution >= 4 is 46.2 Å². The molecule has 0 amide bonds. The summed E-state index contributed by atoms with van der Waals surface area (Å²) in [4.78, 5) is 9.07. The number of fused-ring (bicyclic) bond motifs is 1. The van der Waals surface area contributed by atoms with E-state index in [4.69, 9.17) is 27.6 Å². The number of hydrogen-bond donors (Lipinski definition) is 1. The Morgan fingerprint density at radius 1 is 0.844 bits per heavy atom. The normalized spacial score (nSPS) is 11.4. The highest BCUT2D eigenvalue weighted by Gasteiger charge is 2.13. The third-order valence-corrected chi connectivity index (χ3v) is 5.59. The number of nitrogens with zero attached hydrogens (tertiary/aromatic N) is 2. The fourth-order valence-electron chi connectivity index (χ4n) is 3.43. The summed E-state index contributed by atoms with van der Waals surface area (Å²) >= 11 is 12.3. The van der Waals surface area contributed by atoms with Gasteiger partial charge in [0.2, 0.25) is 5.89 Å². The van der Waals surface area contributed by atoms with E-state index in [1.165, 1.54) is 0 Å². The van der Waals surface area contributed by atoms with Gasteiger partial charge in [-0.05, 0) is 48.0 Å². The highest BCUT2D eigenvalue weighted by molar-refractivity contribution is 6.36. The Morgan fingerprint density at radius 3 is 2.50 bits per heavy atom. The van der Waals surface area contributed by atoms with Crippen molar-refractivity contribution in [2.24, 2.45) is 4.99 Å². The number of benzene rings is 4. The molecular formula is C26H16Cl2N2O2. The molecule has 0 unspecified atom stereocenters. The number of halogens is 2. The summed E-state index contributed by atoms with van der Waals surface area (Å²) in [6, 6.07) is 26.0. The lowest BCUT2D eigenvalue weighted by molar-refractivity contribution is 0.476. The predicted molar refractivity (Wildman–Crippen MR) is 130 cm³/mol. The SMILES string of the molecule is Oc1c(C=Nc2ccc3oc(-c4ccc(Cl)cc4Cl)nc3c2)cccc1-c1ccccc1. The quantitative estimate of drug-likeness (QED) is 0.278. The largest absolute Gasteiger partial charge is 0.507 e. The van der Waals surface area contributed by atoms with E-state index in [2.05, 4.69) is 9.98 Å². The zero-order valence-electron chi connectivity index (χ0n) is 16.7. The minimum absolute atomic E-state index is 0.185. The number of rotatable bonds is 4. The van der Waals surface area contributed by atoms with Gasteiger partial charge in [-0.25, -0.2) is 4.98 Å². The Morgan fingerprint density at radius 2 is 1.69 bits per heavy atom. The lowest BCUT2D eigenvalue weighted by atomic mass is 10.0. The molecule has 0 fully saturated rings. The third kappa shape index (κ3) is 3.98. The van der Waals surface area contributed by atoms with Crippen LogP contribution in [0.1, 0.15) is 5.56 Å². The molecule has 32 heavy (non-hydrogen) atoms. The number of hydrogen-bond acceptors (Lipinski definition) is 4. The highest BCUT2D eigenvalue weighted by Crippen LogP contribution is 2.34. The molecule has 0 aliphatic heterocycles. The first-order valence-electron chi connectivity index (χ1n) is 9.86. The first kappa shape index (κ1) is 20.3. The fraction of sp³-hybridized carbons (Fsp3) is 0. The fourth-order valence-corrected chi connectivity index (χ4v) is 3.92. The van der Waals surface area contributed by atoms with Gasteiger partial charge in [0.25, 0.3) is 0 Å². The van der Waals surface area contributed by atoms with Crippen LogP contribution < -0.4 is 0 Å². The van der Waals surface area contributed by atoms with Gasteiger partial charge in [0.1, 0.15) is 11.3 Å². The van der Waals surface area contributed by atoms with Gasteiger partial charge in [0, 0.05) is 22.4 Å². The lowest BCUT2D eigenvalue weighted by Gasteiger charge is -2.07. The molecule has 0 saturated carbocycles. The van der Waals surface area contributed by atoms with Gasteiger partial charge in [-0.15, -0.1) is 0 Å². The van der Waals surface area contributed by atoms with E-state index in [1.807, 2.05) is 66.7 Å². The average Bonchev–Trinajstić information content (AvgIpc) is 3.22. The monoisotopic (exact) mass is 458 g/mol. The molecule has 0 spiro atoms. The van der Waals surface area contributed by atoms with Crippen molar-refractivity contribution in [2.45, 2.75) is 0 Å². The lowest BCUT2D eigenvalue weighted by Crippen LogP contribution is -1.86. The Hall–Kier alpha value is -3.60. The van der Waals surface area contributed by atoms with Gasteiger partial charge < -0.3 is 9.52 Å². The molecule has 1 N–H and O–H groups in total. The summed E-state index contributed by atoms with van der Waals surface area (Å²) in [5.74, 6) is 0.598. The molecule has 0 saturated heterocycles. The molecule has 0 radical (unpaired) electrons. The van der Waals surface area contributed by atoms with Crippen LogP contribution in [0.15, 0.2) is 94.3 Å². The standard InChI is InChI=1S/C26H16Cl2N2O2/c27-18-9-11-21(22(28)13-18)26-30-23-14-19(10-12-24(23)32-26)29-15-17-7-4-8-20(25(17)31)16-5-2-1-3-6-16/h1-15,31H. The predicted octanol–water partition coefficient (Wildman–Crippen LogP) is 7.92. The molecule has 5 rings (SSSR count). The molecule has 4 nitrogen and oxygen atoms in total. The number of para-hydroxylation sites is 1. The molecule has 5 aromatic rings. The maximum atomic E-state index is 10.7. The van der Waals surface area contributed by atoms with Gasteiger partial charge in [0.15, 0.2) is 5.58 Å². The second-order valence-corrected chi connectivity index (χ2v) is 8.01. The Bertz CT molecular complexity index is 1460. The minimum Gasteiger partial charge on any atom is -0.507 e. The van der Waals surface area contributed by atoms with Crippen molar-refractivity contribution in [3.05, 3.63) is 101 Å². The Balaban J connectivity index is 1.46. The zero-order chi connectivity index (χ0) is 22.1. The van der Waals surface area contributed by atoms with E-state index in [-0.39, 0.29) is 5.75 Å². The summed E-state index contributed by atoms with van der Waals surface area (Å²) in [5, 5.41) is 11.7. The van der Waals surface area contributed by atoms with Crippen LogP contribution in [0.5, 0.6) is 5.75 Å².